The van der Waals surface area contributed by atoms with Gasteiger partial charge in [-0.2, -0.15) is 0 Å². The molecule has 1 heterocycles. The summed E-state index contributed by atoms with van der Waals surface area (Å²) in [5.41, 5.74) is 0. The molecule has 4 N–H and O–H groups in total. The molecule has 0 spiro atoms. The Hall–Kier alpha value is -7.35. The number of likely N-dealkylation sites (N-methyl/N-ethyl adjacent to an activating group) is 7. The number of esters is 1. The maximum Gasteiger partial charge on any atom is 0.511 e. The minimum Gasteiger partial charge on any atom is -0.428 e. The van der Waals surface area contributed by atoms with E-state index in [4.69, 9.17) is 14.2 Å². The molecule has 27 nitrogen and oxygen atoms in total. The second-order valence-corrected chi connectivity index (χ2v) is 27.6. The minimum absolute atomic E-state index is 0.0381. The van der Waals surface area contributed by atoms with Crippen molar-refractivity contribution < 1.29 is 76.5 Å². The Morgan fingerprint density at radius 2 is 0.936 bits per heavy atom. The highest BCUT2D eigenvalue weighted by Gasteiger charge is 2.47. The lowest BCUT2D eigenvalue weighted by atomic mass is 9.91. The molecule has 0 aliphatic carbocycles. The van der Waals surface area contributed by atoms with E-state index in [0.717, 1.165) is 9.80 Å². The second kappa shape index (κ2) is 39.5. The number of nitrogens with zero attached hydrogens (tertiary/aromatic N) is 7. The van der Waals surface area contributed by atoms with Gasteiger partial charge in [0.1, 0.15) is 66.5 Å². The van der Waals surface area contributed by atoms with Gasteiger partial charge in [-0.25, -0.2) is 4.79 Å². The average molecular weight is 1330 g/mol. The summed E-state index contributed by atoms with van der Waals surface area (Å²) in [5, 5.41) is 10.9. The Balaban J connectivity index is 4.53. The van der Waals surface area contributed by atoms with Crippen LogP contribution in [0.3, 0.4) is 0 Å². The minimum atomic E-state index is -1.80. The Bertz CT molecular complexity index is 2630. The summed E-state index contributed by atoms with van der Waals surface area (Å²) in [6, 6.07) is -13.1. The summed E-state index contributed by atoms with van der Waals surface area (Å²) in [6.07, 6.45) is 0.999. The van der Waals surface area contributed by atoms with Gasteiger partial charge in [-0.15, -0.1) is 0 Å². The van der Waals surface area contributed by atoms with Crippen LogP contribution in [0.2, 0.25) is 0 Å². The highest BCUT2D eigenvalue weighted by atomic mass is 16.8. The first-order valence-electron chi connectivity index (χ1n) is 33.2. The molecule has 1 aliphatic heterocycles. The zero-order valence-electron chi connectivity index (χ0n) is 61.1. The van der Waals surface area contributed by atoms with Crippen molar-refractivity contribution in [2.45, 2.75) is 236 Å². The molecular formula is C67H117N11O16. The smallest absolute Gasteiger partial charge is 0.428 e. The van der Waals surface area contributed by atoms with Gasteiger partial charge in [-0.05, 0) is 101 Å². The predicted molar refractivity (Wildman–Crippen MR) is 355 cm³/mol. The summed E-state index contributed by atoms with van der Waals surface area (Å²) < 4.78 is 16.0. The van der Waals surface area contributed by atoms with Crippen molar-refractivity contribution in [1.29, 1.82) is 0 Å². The van der Waals surface area contributed by atoms with Crippen LogP contribution in [0.5, 0.6) is 0 Å². The predicted octanol–water partition coefficient (Wildman–Crippen LogP) is 4.34. The first-order chi connectivity index (χ1) is 43.5. The number of carbonyl (C=O) groups excluding carboxylic acids is 13. The van der Waals surface area contributed by atoms with Crippen LogP contribution < -0.4 is 21.3 Å². The standard InChI is InChI=1S/C67H117N11O16/c1-26-29-30-43(16)56(94-67(91)93-36-92-52(80)28-3)55-60(84)70-46(27-2)62(86)72(19)35-51(79)73(20)47(31-37(4)5)59(83)71-53(41(12)13)65(89)74(21)48(32-38(6)7)58(82)68-44(17)57(81)69-45(18)61(85)75(22)49(33-39(8)9)63(87)76(23)50(34-40(10)11)64(88)77(24)54(42(14)15)66(90)78(55)25/h26,29,37-50,53-56H,27-28,30-36H2,1-25H3,(H,68,82)(H,69,81)(H,70,84)(H,71,83)/b29-26+/t43-,44+,45-,46+,47+,48+,49+,50+,53+,54+,55+,56-/m1/s1. The summed E-state index contributed by atoms with van der Waals surface area (Å²) in [6.45, 7) is 29.4. The van der Waals surface area contributed by atoms with Crippen LogP contribution in [0.25, 0.3) is 0 Å². The molecule has 0 aromatic heterocycles. The number of amides is 11. The van der Waals surface area contributed by atoms with E-state index >= 15 is 19.2 Å². The van der Waals surface area contributed by atoms with Gasteiger partial charge < -0.3 is 69.8 Å². The highest BCUT2D eigenvalue weighted by molar-refractivity contribution is 5.99. The van der Waals surface area contributed by atoms with Crippen LogP contribution in [-0.4, -0.2) is 241 Å². The van der Waals surface area contributed by atoms with Crippen LogP contribution in [0.1, 0.15) is 170 Å². The van der Waals surface area contributed by atoms with E-state index in [9.17, 15) is 43.2 Å². The topological polar surface area (TPSA) is 320 Å². The first kappa shape index (κ1) is 84.7. The summed E-state index contributed by atoms with van der Waals surface area (Å²) >= 11 is 0. The van der Waals surface area contributed by atoms with E-state index in [0.29, 0.717) is 0 Å². The molecule has 0 unspecified atom stereocenters. The molecule has 94 heavy (non-hydrogen) atoms. The molecule has 12 atom stereocenters. The first-order valence-corrected chi connectivity index (χ1v) is 33.2. The highest BCUT2D eigenvalue weighted by Crippen LogP contribution is 2.27. The SMILES string of the molecule is C/C=C/C[C@@H](C)[C@@H](OC(=O)OCOC(=O)CC)[C@H]1C(=O)N[C@@H](CC)C(=O)N(C)CC(=O)N(C)[C@@H](CC(C)C)C(=O)N[C@@H](C(C)C)C(=O)N(C)[C@@H](CC(C)C)C(=O)N[C@@H](C)C(=O)N[C@H](C)C(=O)N(C)[C@@H](CC(C)C)C(=O)N(C)[C@@H](CC(C)C)C(=O)N(C)[C@@H](C(C)C)C(=O)N1C. The van der Waals surface area contributed by atoms with Gasteiger partial charge in [0.25, 0.3) is 0 Å². The van der Waals surface area contributed by atoms with Gasteiger partial charge >= 0.3 is 12.1 Å². The third-order valence-corrected chi connectivity index (χ3v) is 17.0. The number of hydrogen-bond donors (Lipinski definition) is 4. The van der Waals surface area contributed by atoms with E-state index in [1.54, 1.807) is 60.6 Å². The van der Waals surface area contributed by atoms with E-state index in [-0.39, 0.29) is 68.6 Å². The number of rotatable bonds is 19. The molecule has 0 aromatic rings. The molecule has 0 aromatic carbocycles. The van der Waals surface area contributed by atoms with Crippen LogP contribution >= 0.6 is 0 Å². The molecule has 1 aliphatic rings. The Morgan fingerprint density at radius 3 is 1.40 bits per heavy atom. The average Bonchev–Trinajstić information content (AvgIpc) is 0.802. The normalized spacial score (nSPS) is 25.3. The second-order valence-electron chi connectivity index (χ2n) is 27.6. The third-order valence-electron chi connectivity index (χ3n) is 17.0. The molecule has 0 radical (unpaired) electrons. The summed E-state index contributed by atoms with van der Waals surface area (Å²) in [4.78, 5) is 196. The zero-order valence-corrected chi connectivity index (χ0v) is 61.1. The summed E-state index contributed by atoms with van der Waals surface area (Å²) in [7, 11) is 9.65. The van der Waals surface area contributed by atoms with Crippen molar-refractivity contribution in [3.05, 3.63) is 12.2 Å². The number of carbonyl (C=O) groups is 13. The maximum atomic E-state index is 15.6. The fourth-order valence-corrected chi connectivity index (χ4v) is 11.2. The Kier molecular flexibility index (Phi) is 35.6. The number of hydrogen-bond acceptors (Lipinski definition) is 16. The van der Waals surface area contributed by atoms with Gasteiger partial charge in [0.15, 0.2) is 0 Å². The monoisotopic (exact) mass is 1330 g/mol. The van der Waals surface area contributed by atoms with Gasteiger partial charge in [0, 0.05) is 55.8 Å². The Labute approximate surface area is 559 Å². The lowest BCUT2D eigenvalue weighted by Crippen LogP contribution is -2.64. The van der Waals surface area contributed by atoms with Crippen molar-refractivity contribution in [3.8, 4) is 0 Å². The quantitative estimate of drug-likeness (QED) is 0.0794. The molecule has 0 bridgehead atoms. The third kappa shape index (κ3) is 24.8. The van der Waals surface area contributed by atoms with Crippen LogP contribution in [0, 0.1) is 41.4 Å². The molecule has 11 amide bonds. The number of allylic oxidation sites excluding steroid dienone is 2. The largest absolute Gasteiger partial charge is 0.511 e. The summed E-state index contributed by atoms with van der Waals surface area (Å²) in [5.74, 6) is -11.5. The molecule has 1 fully saturated rings. The zero-order chi connectivity index (χ0) is 72.7. The van der Waals surface area contributed by atoms with Crippen LogP contribution in [0.15, 0.2) is 12.2 Å². The Morgan fingerprint density at radius 1 is 0.489 bits per heavy atom. The van der Waals surface area contributed by atoms with E-state index < -0.39 is 175 Å². The fraction of sp³-hybridized carbons (Fsp3) is 0.776. The number of nitrogens with one attached hydrogen (secondary N) is 4. The molecule has 27 heteroatoms. The van der Waals surface area contributed by atoms with Crippen molar-refractivity contribution >= 4 is 77.1 Å². The van der Waals surface area contributed by atoms with Gasteiger partial charge in [0.05, 0.1) is 6.54 Å². The van der Waals surface area contributed by atoms with Crippen LogP contribution in [0.4, 0.5) is 4.79 Å². The van der Waals surface area contributed by atoms with Crippen LogP contribution in [-0.2, 0) is 71.7 Å². The maximum absolute atomic E-state index is 15.6. The van der Waals surface area contributed by atoms with E-state index in [2.05, 4.69) is 21.3 Å². The van der Waals surface area contributed by atoms with Crippen molar-refractivity contribution in [2.24, 2.45) is 41.4 Å². The van der Waals surface area contributed by atoms with Gasteiger partial charge in [-0.1, -0.05) is 116 Å². The lowest BCUT2D eigenvalue weighted by molar-refractivity contribution is -0.159. The lowest BCUT2D eigenvalue weighted by Gasteiger charge is -2.42. The fourth-order valence-electron chi connectivity index (χ4n) is 11.2. The van der Waals surface area contributed by atoms with Gasteiger partial charge in [0.2, 0.25) is 71.8 Å². The van der Waals surface area contributed by atoms with Crippen molar-refractivity contribution in [3.63, 3.8) is 0 Å². The van der Waals surface area contributed by atoms with Crippen molar-refractivity contribution in [2.75, 3.05) is 62.7 Å². The number of ether oxygens (including phenoxy) is 3. The van der Waals surface area contributed by atoms with E-state index in [1.165, 1.54) is 94.6 Å². The molecule has 0 saturated carbocycles. The van der Waals surface area contributed by atoms with Gasteiger partial charge in [-0.3, -0.25) is 57.5 Å². The molecule has 1 saturated heterocycles. The molecular weight excluding hydrogens is 1210 g/mol. The van der Waals surface area contributed by atoms with E-state index in [1.807, 2.05) is 55.4 Å². The van der Waals surface area contributed by atoms with Crippen molar-refractivity contribution in [1.82, 2.24) is 55.6 Å². The molecule has 536 valence electrons. The molecule has 1 rings (SSSR count).